The maximum absolute atomic E-state index is 13.6. The van der Waals surface area contributed by atoms with Gasteiger partial charge < -0.3 is 5.73 Å². The minimum Gasteiger partial charge on any atom is -0.324 e. The van der Waals surface area contributed by atoms with Crippen molar-refractivity contribution in [1.82, 2.24) is 9.80 Å². The van der Waals surface area contributed by atoms with Gasteiger partial charge in [-0.05, 0) is 33.1 Å². The van der Waals surface area contributed by atoms with E-state index in [4.69, 9.17) is 5.73 Å². The molecule has 0 bridgehead atoms. The number of halogens is 1. The number of alkyl halides is 1. The number of nitrogens with zero attached hydrogens (tertiary/aromatic N) is 2. The third-order valence-corrected chi connectivity index (χ3v) is 4.39. The number of hydrogen-bond acceptors (Lipinski definition) is 3. The molecule has 2 aliphatic rings. The van der Waals surface area contributed by atoms with Gasteiger partial charge in [-0.25, -0.2) is 4.39 Å². The second-order valence-corrected chi connectivity index (χ2v) is 5.76. The van der Waals surface area contributed by atoms with Crippen LogP contribution >= 0.6 is 0 Å². The maximum atomic E-state index is 13.6. The van der Waals surface area contributed by atoms with E-state index in [1.54, 1.807) is 0 Å². The Kier molecular flexibility index (Phi) is 4.39. The standard InChI is InChI=1S/C13H26FN3/c1-10(2)16-6-8-17(9-7-16)12-5-3-4-11(14)13(12)15/h10-13H,3-9,15H2,1-2H3/t11-,12?,13+/m1/s1. The monoisotopic (exact) mass is 243 g/mol. The summed E-state index contributed by atoms with van der Waals surface area (Å²) in [5.41, 5.74) is 6.02. The van der Waals surface area contributed by atoms with Gasteiger partial charge >= 0.3 is 0 Å². The van der Waals surface area contributed by atoms with Crippen molar-refractivity contribution in [2.75, 3.05) is 26.2 Å². The largest absolute Gasteiger partial charge is 0.324 e. The SMILES string of the molecule is CC(C)N1CCN(C2CCC[C@@H](F)[C@@H]2N)CC1. The number of piperazine rings is 1. The first-order valence-electron chi connectivity index (χ1n) is 6.97. The van der Waals surface area contributed by atoms with Crippen LogP contribution < -0.4 is 5.73 Å². The first kappa shape index (κ1) is 13.2. The van der Waals surface area contributed by atoms with Crippen LogP contribution in [0.25, 0.3) is 0 Å². The number of nitrogens with two attached hydrogens (primary N) is 1. The molecule has 2 rings (SSSR count). The fraction of sp³-hybridized carbons (Fsp3) is 1.00. The summed E-state index contributed by atoms with van der Waals surface area (Å²) >= 11 is 0. The third kappa shape index (κ3) is 2.98. The molecule has 3 nitrogen and oxygen atoms in total. The van der Waals surface area contributed by atoms with E-state index in [1.165, 1.54) is 0 Å². The Hall–Kier alpha value is -0.190. The predicted molar refractivity (Wildman–Crippen MR) is 68.8 cm³/mol. The van der Waals surface area contributed by atoms with Gasteiger partial charge in [0.15, 0.2) is 0 Å². The molecule has 17 heavy (non-hydrogen) atoms. The quantitative estimate of drug-likeness (QED) is 0.792. The van der Waals surface area contributed by atoms with Crippen molar-refractivity contribution in [3.63, 3.8) is 0 Å². The van der Waals surface area contributed by atoms with Crippen molar-refractivity contribution < 1.29 is 4.39 Å². The van der Waals surface area contributed by atoms with Gasteiger partial charge in [-0.1, -0.05) is 0 Å². The Morgan fingerprint density at radius 3 is 2.35 bits per heavy atom. The Morgan fingerprint density at radius 1 is 1.12 bits per heavy atom. The second kappa shape index (κ2) is 5.63. The van der Waals surface area contributed by atoms with Crippen molar-refractivity contribution >= 4 is 0 Å². The molecule has 3 atom stereocenters. The highest BCUT2D eigenvalue weighted by Gasteiger charge is 2.35. The van der Waals surface area contributed by atoms with E-state index < -0.39 is 6.17 Å². The molecular formula is C13H26FN3. The Labute approximate surface area is 104 Å². The topological polar surface area (TPSA) is 32.5 Å². The molecule has 1 aliphatic heterocycles. The molecule has 1 aliphatic carbocycles. The van der Waals surface area contributed by atoms with Crippen molar-refractivity contribution in [2.45, 2.75) is 57.4 Å². The predicted octanol–water partition coefficient (Wildman–Crippen LogP) is 1.23. The average molecular weight is 243 g/mol. The normalized spacial score (nSPS) is 37.6. The molecule has 0 aromatic heterocycles. The maximum Gasteiger partial charge on any atom is 0.117 e. The molecule has 0 radical (unpaired) electrons. The molecule has 2 N–H and O–H groups in total. The van der Waals surface area contributed by atoms with Crippen LogP contribution in [0.1, 0.15) is 33.1 Å². The summed E-state index contributed by atoms with van der Waals surface area (Å²) < 4.78 is 13.6. The molecule has 0 aromatic carbocycles. The smallest absolute Gasteiger partial charge is 0.117 e. The van der Waals surface area contributed by atoms with Crippen LogP contribution in [-0.4, -0.2) is 60.3 Å². The summed E-state index contributed by atoms with van der Waals surface area (Å²) in [4.78, 5) is 4.90. The van der Waals surface area contributed by atoms with Crippen molar-refractivity contribution in [3.8, 4) is 0 Å². The Morgan fingerprint density at radius 2 is 1.76 bits per heavy atom. The molecule has 2 fully saturated rings. The molecule has 1 saturated heterocycles. The lowest BCUT2D eigenvalue weighted by Gasteiger charge is -2.44. The molecular weight excluding hydrogens is 217 g/mol. The van der Waals surface area contributed by atoms with E-state index in [2.05, 4.69) is 23.6 Å². The van der Waals surface area contributed by atoms with Crippen LogP contribution in [0.5, 0.6) is 0 Å². The number of rotatable bonds is 2. The zero-order valence-corrected chi connectivity index (χ0v) is 11.1. The molecule has 1 unspecified atom stereocenters. The Balaban J connectivity index is 1.87. The summed E-state index contributed by atoms with van der Waals surface area (Å²) in [5.74, 6) is 0. The van der Waals surface area contributed by atoms with E-state index in [-0.39, 0.29) is 12.1 Å². The van der Waals surface area contributed by atoms with Gasteiger partial charge in [0.1, 0.15) is 6.17 Å². The summed E-state index contributed by atoms with van der Waals surface area (Å²) in [6, 6.07) is 0.619. The van der Waals surface area contributed by atoms with Crippen LogP contribution in [0.3, 0.4) is 0 Å². The van der Waals surface area contributed by atoms with Gasteiger partial charge in [-0.15, -0.1) is 0 Å². The molecule has 4 heteroatoms. The highest BCUT2D eigenvalue weighted by molar-refractivity contribution is 4.93. The Bertz CT molecular complexity index is 239. The van der Waals surface area contributed by atoms with Crippen molar-refractivity contribution in [3.05, 3.63) is 0 Å². The zero-order valence-electron chi connectivity index (χ0n) is 11.1. The zero-order chi connectivity index (χ0) is 12.4. The van der Waals surface area contributed by atoms with E-state index in [0.717, 1.165) is 39.0 Å². The van der Waals surface area contributed by atoms with Crippen LogP contribution in [0, 0.1) is 0 Å². The van der Waals surface area contributed by atoms with Gasteiger partial charge in [-0.3, -0.25) is 9.80 Å². The van der Waals surface area contributed by atoms with Crippen molar-refractivity contribution in [1.29, 1.82) is 0 Å². The molecule has 1 heterocycles. The van der Waals surface area contributed by atoms with Gasteiger partial charge in [-0.2, -0.15) is 0 Å². The molecule has 100 valence electrons. The van der Waals surface area contributed by atoms with E-state index in [1.807, 2.05) is 0 Å². The molecule has 0 spiro atoms. The third-order valence-electron chi connectivity index (χ3n) is 4.39. The van der Waals surface area contributed by atoms with Crippen LogP contribution in [0.15, 0.2) is 0 Å². The minimum absolute atomic E-state index is 0.269. The highest BCUT2D eigenvalue weighted by Crippen LogP contribution is 2.25. The fourth-order valence-corrected chi connectivity index (χ4v) is 3.16. The van der Waals surface area contributed by atoms with Gasteiger partial charge in [0.2, 0.25) is 0 Å². The van der Waals surface area contributed by atoms with E-state index in [0.29, 0.717) is 12.5 Å². The van der Waals surface area contributed by atoms with E-state index in [9.17, 15) is 4.39 Å². The minimum atomic E-state index is -0.795. The van der Waals surface area contributed by atoms with Gasteiger partial charge in [0, 0.05) is 38.3 Å². The van der Waals surface area contributed by atoms with E-state index >= 15 is 0 Å². The van der Waals surface area contributed by atoms with Crippen LogP contribution in [-0.2, 0) is 0 Å². The molecule has 1 saturated carbocycles. The molecule has 0 aromatic rings. The first-order valence-corrected chi connectivity index (χ1v) is 6.97. The summed E-state index contributed by atoms with van der Waals surface area (Å²) in [6.07, 6.45) is 1.92. The van der Waals surface area contributed by atoms with Crippen molar-refractivity contribution in [2.24, 2.45) is 5.73 Å². The highest BCUT2D eigenvalue weighted by atomic mass is 19.1. The van der Waals surface area contributed by atoms with Gasteiger partial charge in [0.05, 0.1) is 6.04 Å². The van der Waals surface area contributed by atoms with Crippen LogP contribution in [0.4, 0.5) is 4.39 Å². The first-order chi connectivity index (χ1) is 8.09. The number of hydrogen-bond donors (Lipinski definition) is 1. The lowest BCUT2D eigenvalue weighted by Crippen LogP contribution is -2.59. The van der Waals surface area contributed by atoms with Crippen LogP contribution in [0.2, 0.25) is 0 Å². The summed E-state index contributed by atoms with van der Waals surface area (Å²) in [5, 5.41) is 0. The second-order valence-electron chi connectivity index (χ2n) is 5.76. The lowest BCUT2D eigenvalue weighted by atomic mass is 9.88. The average Bonchev–Trinajstić information content (AvgIpc) is 2.33. The summed E-state index contributed by atoms with van der Waals surface area (Å²) in [7, 11) is 0. The van der Waals surface area contributed by atoms with Gasteiger partial charge in [0.25, 0.3) is 0 Å². The lowest BCUT2D eigenvalue weighted by molar-refractivity contribution is 0.0359. The molecule has 0 amide bonds. The fourth-order valence-electron chi connectivity index (χ4n) is 3.16. The summed E-state index contributed by atoms with van der Waals surface area (Å²) in [6.45, 7) is 8.75.